The Morgan fingerprint density at radius 2 is 1.96 bits per heavy atom. The van der Waals surface area contributed by atoms with Crippen molar-refractivity contribution in [1.29, 1.82) is 0 Å². The average Bonchev–Trinajstić information content (AvgIpc) is 2.52. The van der Waals surface area contributed by atoms with Crippen LogP contribution in [0.3, 0.4) is 0 Å². The number of carbonyl (C=O) groups is 1. The van der Waals surface area contributed by atoms with Crippen LogP contribution in [0.25, 0.3) is 6.08 Å². The molecule has 0 atom stereocenters. The normalized spacial score (nSPS) is 14.5. The van der Waals surface area contributed by atoms with Gasteiger partial charge in [-0.3, -0.25) is 0 Å². The van der Waals surface area contributed by atoms with Gasteiger partial charge in [0.05, 0.1) is 0 Å². The van der Waals surface area contributed by atoms with E-state index in [0.717, 1.165) is 35.2 Å². The van der Waals surface area contributed by atoms with Gasteiger partial charge in [-0.1, -0.05) is 46.3 Å². The van der Waals surface area contributed by atoms with Crippen molar-refractivity contribution in [3.63, 3.8) is 0 Å². The first kappa shape index (κ1) is 15.8. The molecule has 0 spiro atoms. The molecule has 118 valence electrons. The number of halogens is 1. The Labute approximate surface area is 144 Å². The molecule has 0 saturated heterocycles. The highest BCUT2D eigenvalue weighted by atomic mass is 79.9. The SMILES string of the molecule is O=C(O)C1=Cc2cc(Br)ccc2N(Cc2ccccc2)CCC1. The van der Waals surface area contributed by atoms with E-state index in [1.165, 1.54) is 5.56 Å². The number of benzene rings is 2. The monoisotopic (exact) mass is 371 g/mol. The van der Waals surface area contributed by atoms with E-state index in [-0.39, 0.29) is 0 Å². The van der Waals surface area contributed by atoms with Crippen molar-refractivity contribution in [2.24, 2.45) is 0 Å². The van der Waals surface area contributed by atoms with Gasteiger partial charge in [0.2, 0.25) is 0 Å². The van der Waals surface area contributed by atoms with Crippen LogP contribution in [0.2, 0.25) is 0 Å². The molecule has 2 aromatic carbocycles. The van der Waals surface area contributed by atoms with Crippen molar-refractivity contribution >= 4 is 33.7 Å². The Bertz CT molecular complexity index is 740. The van der Waals surface area contributed by atoms with Crippen LogP contribution in [0.1, 0.15) is 24.0 Å². The van der Waals surface area contributed by atoms with E-state index in [4.69, 9.17) is 0 Å². The lowest BCUT2D eigenvalue weighted by molar-refractivity contribution is -0.132. The first-order valence-electron chi connectivity index (χ1n) is 7.66. The Hall–Kier alpha value is -2.07. The van der Waals surface area contributed by atoms with Crippen LogP contribution < -0.4 is 4.90 Å². The van der Waals surface area contributed by atoms with Gasteiger partial charge in [-0.25, -0.2) is 4.79 Å². The molecule has 2 aromatic rings. The summed E-state index contributed by atoms with van der Waals surface area (Å²) in [6.45, 7) is 1.67. The number of aliphatic carboxylic acids is 1. The molecule has 4 heteroatoms. The van der Waals surface area contributed by atoms with E-state index in [2.05, 4.69) is 39.0 Å². The number of anilines is 1. The molecule has 0 saturated carbocycles. The van der Waals surface area contributed by atoms with E-state index in [1.807, 2.05) is 30.3 Å². The maximum Gasteiger partial charge on any atom is 0.331 e. The second-order valence-corrected chi connectivity index (χ2v) is 6.60. The van der Waals surface area contributed by atoms with Crippen LogP contribution in [0.15, 0.2) is 58.6 Å². The largest absolute Gasteiger partial charge is 0.478 e. The van der Waals surface area contributed by atoms with E-state index < -0.39 is 5.97 Å². The molecule has 1 aliphatic rings. The van der Waals surface area contributed by atoms with Gasteiger partial charge in [0, 0.05) is 28.8 Å². The highest BCUT2D eigenvalue weighted by Crippen LogP contribution is 2.31. The van der Waals surface area contributed by atoms with E-state index >= 15 is 0 Å². The van der Waals surface area contributed by atoms with Crippen molar-refractivity contribution < 1.29 is 9.90 Å². The number of rotatable bonds is 3. The molecule has 0 unspecified atom stereocenters. The minimum Gasteiger partial charge on any atom is -0.478 e. The van der Waals surface area contributed by atoms with Gasteiger partial charge in [0.15, 0.2) is 0 Å². The van der Waals surface area contributed by atoms with Crippen LogP contribution in [-0.4, -0.2) is 17.6 Å². The highest BCUT2D eigenvalue weighted by Gasteiger charge is 2.17. The third-order valence-electron chi connectivity index (χ3n) is 4.03. The van der Waals surface area contributed by atoms with Crippen LogP contribution in [0, 0.1) is 0 Å². The van der Waals surface area contributed by atoms with E-state index in [1.54, 1.807) is 6.08 Å². The molecule has 0 fully saturated rings. The summed E-state index contributed by atoms with van der Waals surface area (Å²) in [7, 11) is 0. The van der Waals surface area contributed by atoms with Crippen molar-refractivity contribution in [2.75, 3.05) is 11.4 Å². The van der Waals surface area contributed by atoms with Crippen LogP contribution >= 0.6 is 15.9 Å². The lowest BCUT2D eigenvalue weighted by Gasteiger charge is -2.28. The maximum absolute atomic E-state index is 11.4. The first-order chi connectivity index (χ1) is 11.1. The fourth-order valence-electron chi connectivity index (χ4n) is 2.91. The molecule has 1 heterocycles. The molecule has 3 nitrogen and oxygen atoms in total. The zero-order valence-electron chi connectivity index (χ0n) is 12.7. The lowest BCUT2D eigenvalue weighted by Crippen LogP contribution is -2.26. The lowest BCUT2D eigenvalue weighted by atomic mass is 10.0. The summed E-state index contributed by atoms with van der Waals surface area (Å²) >= 11 is 3.48. The minimum atomic E-state index is -0.826. The first-order valence-corrected chi connectivity index (χ1v) is 8.45. The summed E-state index contributed by atoms with van der Waals surface area (Å²) in [5.74, 6) is -0.826. The Morgan fingerprint density at radius 3 is 2.70 bits per heavy atom. The fraction of sp³-hybridized carbons (Fsp3) is 0.211. The summed E-state index contributed by atoms with van der Waals surface area (Å²) in [6, 6.07) is 16.4. The molecule has 3 rings (SSSR count). The second-order valence-electron chi connectivity index (χ2n) is 5.69. The van der Waals surface area contributed by atoms with Crippen LogP contribution in [-0.2, 0) is 11.3 Å². The number of hydrogen-bond acceptors (Lipinski definition) is 2. The van der Waals surface area contributed by atoms with Gasteiger partial charge in [-0.05, 0) is 48.2 Å². The van der Waals surface area contributed by atoms with Crippen molar-refractivity contribution in [1.82, 2.24) is 0 Å². The van der Waals surface area contributed by atoms with E-state index in [0.29, 0.717) is 12.0 Å². The van der Waals surface area contributed by atoms with Crippen LogP contribution in [0.5, 0.6) is 0 Å². The predicted molar refractivity (Wildman–Crippen MR) is 96.5 cm³/mol. The maximum atomic E-state index is 11.4. The summed E-state index contributed by atoms with van der Waals surface area (Å²) in [5, 5.41) is 9.36. The van der Waals surface area contributed by atoms with Gasteiger partial charge in [0.1, 0.15) is 0 Å². The highest BCUT2D eigenvalue weighted by molar-refractivity contribution is 9.10. The Morgan fingerprint density at radius 1 is 1.17 bits per heavy atom. The molecule has 0 radical (unpaired) electrons. The zero-order valence-corrected chi connectivity index (χ0v) is 14.3. The number of carboxylic acid groups (broad SMARTS) is 1. The number of hydrogen-bond donors (Lipinski definition) is 1. The summed E-state index contributed by atoms with van der Waals surface area (Å²) in [6.07, 6.45) is 3.23. The summed E-state index contributed by atoms with van der Waals surface area (Å²) in [4.78, 5) is 13.7. The fourth-order valence-corrected chi connectivity index (χ4v) is 3.29. The average molecular weight is 372 g/mol. The third-order valence-corrected chi connectivity index (χ3v) is 4.52. The zero-order chi connectivity index (χ0) is 16.2. The van der Waals surface area contributed by atoms with Gasteiger partial charge in [0.25, 0.3) is 0 Å². The van der Waals surface area contributed by atoms with Crippen LogP contribution in [0.4, 0.5) is 5.69 Å². The van der Waals surface area contributed by atoms with Gasteiger partial charge < -0.3 is 10.0 Å². The summed E-state index contributed by atoms with van der Waals surface area (Å²) in [5.41, 5.74) is 3.76. The smallest absolute Gasteiger partial charge is 0.331 e. The molecule has 1 N–H and O–H groups in total. The molecule has 23 heavy (non-hydrogen) atoms. The molecule has 1 aliphatic heterocycles. The Kier molecular flexibility index (Phi) is 4.82. The standard InChI is InChI=1S/C19H18BrNO2/c20-17-8-9-18-16(12-17)11-15(19(22)23)7-4-10-21(18)13-14-5-2-1-3-6-14/h1-3,5-6,8-9,11-12H,4,7,10,13H2,(H,22,23). The molecule has 0 aromatic heterocycles. The van der Waals surface area contributed by atoms with Crippen molar-refractivity contribution in [3.8, 4) is 0 Å². The third kappa shape index (κ3) is 3.82. The van der Waals surface area contributed by atoms with Gasteiger partial charge in [-0.15, -0.1) is 0 Å². The second kappa shape index (κ2) is 7.01. The molecule has 0 bridgehead atoms. The number of nitrogens with zero attached hydrogens (tertiary/aromatic N) is 1. The van der Waals surface area contributed by atoms with Crippen molar-refractivity contribution in [2.45, 2.75) is 19.4 Å². The van der Waals surface area contributed by atoms with E-state index in [9.17, 15) is 9.90 Å². The van der Waals surface area contributed by atoms with Crippen molar-refractivity contribution in [3.05, 3.63) is 69.7 Å². The molecular formula is C19H18BrNO2. The number of carboxylic acids is 1. The minimum absolute atomic E-state index is 0.476. The summed E-state index contributed by atoms with van der Waals surface area (Å²) < 4.78 is 0.956. The topological polar surface area (TPSA) is 40.5 Å². The molecular weight excluding hydrogens is 354 g/mol. The predicted octanol–water partition coefficient (Wildman–Crippen LogP) is 4.72. The molecule has 0 aliphatic carbocycles. The molecule has 0 amide bonds. The Balaban J connectivity index is 2.00. The van der Waals surface area contributed by atoms with Gasteiger partial charge >= 0.3 is 5.97 Å². The van der Waals surface area contributed by atoms with Gasteiger partial charge in [-0.2, -0.15) is 0 Å². The quantitative estimate of drug-likeness (QED) is 0.848. The number of fused-ring (bicyclic) bond motifs is 1.